The minimum atomic E-state index is -0.823. The first-order chi connectivity index (χ1) is 9.86. The lowest BCUT2D eigenvalue weighted by Gasteiger charge is -2.30. The number of hydrogen-bond donors (Lipinski definition) is 1. The molecule has 0 spiro atoms. The van der Waals surface area contributed by atoms with Crippen molar-refractivity contribution in [1.82, 2.24) is 0 Å². The highest BCUT2D eigenvalue weighted by atomic mass is 19.1. The summed E-state index contributed by atoms with van der Waals surface area (Å²) in [5.41, 5.74) is -1.06. The Balaban J connectivity index is 2.28. The van der Waals surface area contributed by atoms with Crippen molar-refractivity contribution in [2.45, 2.75) is 31.3 Å². The normalized spacial score (nSPS) is 16.8. The average Bonchev–Trinajstić information content (AvgIpc) is 2.84. The van der Waals surface area contributed by atoms with Gasteiger partial charge in [-0.15, -0.1) is 0 Å². The van der Waals surface area contributed by atoms with E-state index in [0.717, 1.165) is 18.9 Å². The number of hydrogen-bond acceptors (Lipinski definition) is 5. The molecule has 7 heteroatoms. The highest BCUT2D eigenvalue weighted by molar-refractivity contribution is 5.60. The van der Waals surface area contributed by atoms with Gasteiger partial charge in [0, 0.05) is 19.7 Å². The molecule has 116 valence electrons. The van der Waals surface area contributed by atoms with Crippen molar-refractivity contribution >= 4 is 11.4 Å². The van der Waals surface area contributed by atoms with Crippen LogP contribution < -0.4 is 9.64 Å². The molecule has 1 aliphatic rings. The third kappa shape index (κ3) is 3.24. The van der Waals surface area contributed by atoms with Gasteiger partial charge in [0.25, 0.3) is 0 Å². The topological polar surface area (TPSA) is 75.8 Å². The van der Waals surface area contributed by atoms with Gasteiger partial charge in [0.2, 0.25) is 0 Å². The van der Waals surface area contributed by atoms with Gasteiger partial charge in [-0.05, 0) is 12.8 Å². The van der Waals surface area contributed by atoms with Gasteiger partial charge >= 0.3 is 5.69 Å². The summed E-state index contributed by atoms with van der Waals surface area (Å²) < 4.78 is 19.0. The third-order valence-electron chi connectivity index (χ3n) is 3.92. The van der Waals surface area contributed by atoms with Crippen LogP contribution in [0, 0.1) is 15.9 Å². The van der Waals surface area contributed by atoms with Crippen molar-refractivity contribution in [2.75, 3.05) is 25.6 Å². The molecule has 1 aliphatic carbocycles. The molecule has 0 atom stereocenters. The third-order valence-corrected chi connectivity index (χ3v) is 3.92. The Bertz CT molecular complexity index is 544. The Morgan fingerprint density at radius 3 is 2.62 bits per heavy atom. The van der Waals surface area contributed by atoms with Crippen molar-refractivity contribution in [3.05, 3.63) is 28.1 Å². The number of halogens is 1. The molecule has 0 radical (unpaired) electrons. The molecule has 1 aromatic carbocycles. The molecule has 0 aliphatic heterocycles. The zero-order valence-corrected chi connectivity index (χ0v) is 12.1. The number of nitro groups is 1. The summed E-state index contributed by atoms with van der Waals surface area (Å²) in [6.45, 7) is 0.283. The van der Waals surface area contributed by atoms with Crippen molar-refractivity contribution in [3.63, 3.8) is 0 Å². The average molecular weight is 298 g/mol. The molecule has 1 fully saturated rings. The molecule has 0 heterocycles. The molecule has 0 aromatic heterocycles. The van der Waals surface area contributed by atoms with Gasteiger partial charge in [-0.2, -0.15) is 0 Å². The first kappa shape index (κ1) is 15.5. The van der Waals surface area contributed by atoms with Crippen LogP contribution in [0.5, 0.6) is 5.75 Å². The van der Waals surface area contributed by atoms with Gasteiger partial charge in [-0.3, -0.25) is 10.1 Å². The molecule has 6 nitrogen and oxygen atoms in total. The van der Waals surface area contributed by atoms with Crippen LogP contribution in [0.2, 0.25) is 0 Å². The fraction of sp³-hybridized carbons (Fsp3) is 0.571. The van der Waals surface area contributed by atoms with E-state index >= 15 is 0 Å². The molecule has 21 heavy (non-hydrogen) atoms. The van der Waals surface area contributed by atoms with E-state index in [4.69, 9.17) is 4.74 Å². The number of methoxy groups -OCH3 is 1. The SMILES string of the molecule is COc1cc(N(C)CC2(O)CCCC2)c(F)cc1[N+](=O)[O-]. The number of ether oxygens (including phenoxy) is 1. The molecular formula is C14H19FN2O4. The first-order valence-corrected chi connectivity index (χ1v) is 6.82. The molecular weight excluding hydrogens is 279 g/mol. The van der Waals surface area contributed by atoms with E-state index < -0.39 is 22.0 Å². The highest BCUT2D eigenvalue weighted by Gasteiger charge is 2.33. The van der Waals surface area contributed by atoms with Gasteiger partial charge in [-0.25, -0.2) is 4.39 Å². The van der Waals surface area contributed by atoms with E-state index in [1.54, 1.807) is 11.9 Å². The summed E-state index contributed by atoms with van der Waals surface area (Å²) in [4.78, 5) is 11.7. The lowest BCUT2D eigenvalue weighted by Crippen LogP contribution is -2.39. The number of rotatable bonds is 5. The number of nitro benzene ring substituents is 1. The second kappa shape index (κ2) is 5.85. The van der Waals surface area contributed by atoms with Crippen molar-refractivity contribution in [3.8, 4) is 5.75 Å². The Labute approximate surface area is 122 Å². The van der Waals surface area contributed by atoms with Crippen molar-refractivity contribution in [2.24, 2.45) is 0 Å². The zero-order valence-electron chi connectivity index (χ0n) is 12.1. The maximum atomic E-state index is 14.1. The lowest BCUT2D eigenvalue weighted by molar-refractivity contribution is -0.385. The molecule has 1 aromatic rings. The van der Waals surface area contributed by atoms with E-state index in [1.165, 1.54) is 13.2 Å². The van der Waals surface area contributed by atoms with E-state index in [0.29, 0.717) is 12.8 Å². The van der Waals surface area contributed by atoms with E-state index in [2.05, 4.69) is 0 Å². The molecule has 0 bridgehead atoms. The number of nitrogens with zero attached hydrogens (tertiary/aromatic N) is 2. The number of anilines is 1. The molecule has 0 saturated heterocycles. The number of aliphatic hydroxyl groups is 1. The zero-order chi connectivity index (χ0) is 15.6. The summed E-state index contributed by atoms with van der Waals surface area (Å²) in [5, 5.41) is 21.2. The minimum absolute atomic E-state index is 0.00154. The standard InChI is InChI=1S/C14H19FN2O4/c1-16(9-14(18)5-3-4-6-14)11-8-13(21-2)12(17(19)20)7-10(11)15/h7-8,18H,3-6,9H2,1-2H3. The fourth-order valence-corrected chi connectivity index (χ4v) is 2.85. The van der Waals surface area contributed by atoms with E-state index in [-0.39, 0.29) is 18.0 Å². The number of benzene rings is 1. The molecule has 1 saturated carbocycles. The monoisotopic (exact) mass is 298 g/mol. The second-order valence-corrected chi connectivity index (χ2v) is 5.52. The van der Waals surface area contributed by atoms with Gasteiger partial charge < -0.3 is 14.7 Å². The summed E-state index contributed by atoms with van der Waals surface area (Å²) in [5.74, 6) is -0.701. The maximum absolute atomic E-state index is 14.1. The van der Waals surface area contributed by atoms with Crippen LogP contribution in [0.25, 0.3) is 0 Å². The Morgan fingerprint density at radius 1 is 1.48 bits per heavy atom. The van der Waals surface area contributed by atoms with Crippen molar-refractivity contribution in [1.29, 1.82) is 0 Å². The van der Waals surface area contributed by atoms with E-state index in [1.807, 2.05) is 0 Å². The predicted octanol–water partition coefficient (Wildman–Crippen LogP) is 2.48. The molecule has 0 amide bonds. The smallest absolute Gasteiger partial charge is 0.313 e. The molecule has 2 rings (SSSR count). The van der Waals surface area contributed by atoms with Crippen LogP contribution in [0.1, 0.15) is 25.7 Å². The molecule has 1 N–H and O–H groups in total. The van der Waals surface area contributed by atoms with Crippen LogP contribution in [0.3, 0.4) is 0 Å². The van der Waals surface area contributed by atoms with E-state index in [9.17, 15) is 19.6 Å². The van der Waals surface area contributed by atoms with Gasteiger partial charge in [0.05, 0.1) is 29.4 Å². The lowest BCUT2D eigenvalue weighted by atomic mass is 10.0. The van der Waals surface area contributed by atoms with Crippen LogP contribution in [-0.4, -0.2) is 36.3 Å². The van der Waals surface area contributed by atoms with Crippen LogP contribution in [-0.2, 0) is 0 Å². The van der Waals surface area contributed by atoms with Gasteiger partial charge in [-0.1, -0.05) is 12.8 Å². The van der Waals surface area contributed by atoms with Crippen LogP contribution in [0.4, 0.5) is 15.8 Å². The van der Waals surface area contributed by atoms with Gasteiger partial charge in [0.1, 0.15) is 0 Å². The van der Waals surface area contributed by atoms with Gasteiger partial charge in [0.15, 0.2) is 11.6 Å². The van der Waals surface area contributed by atoms with Crippen LogP contribution in [0.15, 0.2) is 12.1 Å². The fourth-order valence-electron chi connectivity index (χ4n) is 2.85. The summed E-state index contributed by atoms with van der Waals surface area (Å²) in [6.07, 6.45) is 3.28. The second-order valence-electron chi connectivity index (χ2n) is 5.52. The summed E-state index contributed by atoms with van der Waals surface area (Å²) in [7, 11) is 2.95. The summed E-state index contributed by atoms with van der Waals surface area (Å²) in [6, 6.07) is 2.15. The molecule has 0 unspecified atom stereocenters. The Morgan fingerprint density at radius 2 is 2.10 bits per heavy atom. The largest absolute Gasteiger partial charge is 0.490 e. The van der Waals surface area contributed by atoms with Crippen molar-refractivity contribution < 1.29 is 19.2 Å². The Kier molecular flexibility index (Phi) is 4.32. The first-order valence-electron chi connectivity index (χ1n) is 6.82. The number of likely N-dealkylation sites (N-methyl/N-ethyl adjacent to an activating group) is 1. The predicted molar refractivity (Wildman–Crippen MR) is 76.3 cm³/mol. The van der Waals surface area contributed by atoms with Crippen LogP contribution >= 0.6 is 0 Å². The maximum Gasteiger partial charge on any atom is 0.313 e. The Hall–Kier alpha value is -1.89. The minimum Gasteiger partial charge on any atom is -0.490 e. The highest BCUT2D eigenvalue weighted by Crippen LogP contribution is 2.36. The summed E-state index contributed by atoms with van der Waals surface area (Å²) >= 11 is 0. The quantitative estimate of drug-likeness (QED) is 0.667.